The van der Waals surface area contributed by atoms with E-state index < -0.39 is 49.9 Å². The lowest BCUT2D eigenvalue weighted by Gasteiger charge is -2.25. The molecule has 0 aliphatic rings. The third kappa shape index (κ3) is 19.9. The molecule has 4 aromatic rings. The van der Waals surface area contributed by atoms with Gasteiger partial charge in [-0.2, -0.15) is 0 Å². The first-order chi connectivity index (χ1) is 34.3. The highest BCUT2D eigenvalue weighted by atomic mass is 32.4. The molecular formula is C50H70N9O7P4S3+3. The molecule has 0 spiro atoms. The van der Waals surface area contributed by atoms with Gasteiger partial charge in [0.2, 0.25) is 0 Å². The molecule has 0 bridgehead atoms. The van der Waals surface area contributed by atoms with E-state index in [2.05, 4.69) is 41.0 Å². The molecule has 0 aliphatic heterocycles. The molecule has 0 aliphatic carbocycles. The third-order valence-corrected chi connectivity index (χ3v) is 22.8. The van der Waals surface area contributed by atoms with E-state index in [0.29, 0.717) is 35.0 Å². The van der Waals surface area contributed by atoms with Gasteiger partial charge in [0.25, 0.3) is 16.0 Å². The minimum atomic E-state index is -4.17. The Bertz CT molecular complexity index is 2670. The molecule has 23 heteroatoms. The maximum atomic E-state index is 11.4. The number of ether oxygens (including phenoxy) is 4. The Morgan fingerprint density at radius 3 is 1.33 bits per heavy atom. The average Bonchev–Trinajstić information content (AvgIpc) is 3.34. The van der Waals surface area contributed by atoms with Gasteiger partial charge in [-0.05, 0) is 144 Å². The summed E-state index contributed by atoms with van der Waals surface area (Å²) in [5.74, 6) is 2.51. The van der Waals surface area contributed by atoms with Crippen LogP contribution in [0.15, 0.2) is 117 Å². The fourth-order valence-electron chi connectivity index (χ4n) is 7.13. The lowest BCUT2D eigenvalue weighted by molar-refractivity contribution is 0.0835. The summed E-state index contributed by atoms with van der Waals surface area (Å²) in [7, 11) is 1.38. The van der Waals surface area contributed by atoms with Crippen molar-refractivity contribution in [3.05, 3.63) is 130 Å². The second kappa shape index (κ2) is 27.9. The zero-order chi connectivity index (χ0) is 54.0. The summed E-state index contributed by atoms with van der Waals surface area (Å²) in [6, 6.07) is 29.5. The van der Waals surface area contributed by atoms with E-state index in [4.69, 9.17) is 65.0 Å². The molecule has 0 saturated heterocycles. The number of rotatable bonds is 30. The van der Waals surface area contributed by atoms with Crippen LogP contribution in [-0.2, 0) is 46.1 Å². The highest BCUT2D eigenvalue weighted by molar-refractivity contribution is 8.05. The lowest BCUT2D eigenvalue weighted by atomic mass is 10.1. The zero-order valence-corrected chi connectivity index (χ0v) is 49.6. The number of hydrogen-bond acceptors (Lipinski definition) is 12. The number of nitrogens with zero attached hydrogens (tertiary/aromatic N) is 9. The number of benzene rings is 4. The molecule has 392 valence electrons. The smallest absolute Gasteiger partial charge is 0.358 e. The minimum Gasteiger partial charge on any atom is -0.481 e. The van der Waals surface area contributed by atoms with Crippen molar-refractivity contribution in [1.29, 1.82) is 0 Å². The number of hydrogen-bond donors (Lipinski definition) is 2. The molecule has 4 rings (SSSR count). The summed E-state index contributed by atoms with van der Waals surface area (Å²) >= 11 is 18.0. The summed E-state index contributed by atoms with van der Waals surface area (Å²) in [5, 5.41) is 15.8. The lowest BCUT2D eigenvalue weighted by Crippen LogP contribution is -2.31. The Kier molecular flexibility index (Phi) is 23.3. The Hall–Kier alpha value is -4.49. The van der Waals surface area contributed by atoms with Crippen molar-refractivity contribution in [1.82, 2.24) is 14.3 Å². The second-order valence-corrected chi connectivity index (χ2v) is 29.8. The largest absolute Gasteiger partial charge is 0.481 e. The van der Waals surface area contributed by atoms with E-state index in [1.807, 2.05) is 133 Å². The Morgan fingerprint density at radius 1 is 0.575 bits per heavy atom. The van der Waals surface area contributed by atoms with Crippen LogP contribution in [0.4, 0.5) is 0 Å². The van der Waals surface area contributed by atoms with Gasteiger partial charge < -0.3 is 28.7 Å². The van der Waals surface area contributed by atoms with E-state index in [1.165, 1.54) is 0 Å². The molecule has 0 fully saturated rings. The quantitative estimate of drug-likeness (QED) is 0.00955. The molecule has 0 saturated carbocycles. The molecule has 0 amide bonds. The first-order valence-corrected chi connectivity index (χ1v) is 32.5. The molecule has 0 heterocycles. The molecule has 4 aromatic carbocycles. The highest BCUT2D eigenvalue weighted by Gasteiger charge is 2.46. The van der Waals surface area contributed by atoms with Crippen LogP contribution < -0.4 is 18.9 Å². The number of hydrazone groups is 3. The summed E-state index contributed by atoms with van der Waals surface area (Å²) in [6.45, 7) is 11.9. The van der Waals surface area contributed by atoms with Crippen molar-refractivity contribution in [2.75, 3.05) is 21.1 Å². The van der Waals surface area contributed by atoms with Crippen LogP contribution in [0.3, 0.4) is 0 Å². The van der Waals surface area contributed by atoms with Crippen LogP contribution in [0.2, 0.25) is 0 Å². The van der Waals surface area contributed by atoms with Gasteiger partial charge in [0, 0.05) is 46.0 Å². The first kappa shape index (κ1) is 61.1. The molecule has 0 radical (unpaired) electrons. The first-order valence-electron chi connectivity index (χ1n) is 23.8. The van der Waals surface area contributed by atoms with Crippen molar-refractivity contribution in [3.63, 3.8) is 0 Å². The highest BCUT2D eigenvalue weighted by Crippen LogP contribution is 2.48. The van der Waals surface area contributed by atoms with Gasteiger partial charge in [0.15, 0.2) is 41.1 Å². The van der Waals surface area contributed by atoms with Gasteiger partial charge in [0.05, 0.1) is 45.9 Å². The van der Waals surface area contributed by atoms with Crippen molar-refractivity contribution in [2.24, 2.45) is 20.4 Å². The molecule has 5 unspecified atom stereocenters. The van der Waals surface area contributed by atoms with Crippen molar-refractivity contribution in [2.45, 2.75) is 128 Å². The standard InChI is InChI=1S/C50H68N9O7P4S3/c1-12-14-16-33-49(7,55-56-51)65-45-27-19-40(20-28-45)35-52-57(9)67(71)47(3,4)63-43-25-17-39(18-26-43)37-54-59(11)69(73)50(8,34-15-13-2)66-46-29-21-41(22-30-46)36-53-58(10)68(72)48(5,6)64-44-31-23-42(24-32-44)38-70(60,61)62/h17-32,35-37H,12-16,33-34,38H2,1-11H3/q+1/p+2/b52-35+,53-36+,54-37+. The van der Waals surface area contributed by atoms with Crippen LogP contribution in [0.1, 0.15) is 123 Å². The zero-order valence-electron chi connectivity index (χ0n) is 43.6. The predicted molar refractivity (Wildman–Crippen MR) is 311 cm³/mol. The molecule has 16 nitrogen and oxygen atoms in total. The van der Waals surface area contributed by atoms with Crippen LogP contribution in [-0.4, -0.2) is 85.7 Å². The molecule has 73 heavy (non-hydrogen) atoms. The normalized spacial score (nSPS) is 14.5. The summed E-state index contributed by atoms with van der Waals surface area (Å²) in [5.41, 5.74) is 11.3. The SMILES string of the molecule is CCCCCC(C)(N=[N+]=[N-])Oc1ccc(/C=N/N(C)[P+](=S)C(C)(C)Oc2ccc(/C=N/N(C)[P+](=S)C(C)(CCCC)Oc3ccc(/C=N/N(C)[P+](=S)C(C)(C)Oc4ccc(CP(=O)(O)O)cc4)cc3)cc2)cc1. The predicted octanol–water partition coefficient (Wildman–Crippen LogP) is 14.3. The molecule has 5 atom stereocenters. The van der Waals surface area contributed by atoms with E-state index in [1.54, 1.807) is 52.5 Å². The van der Waals surface area contributed by atoms with Crippen LogP contribution in [0.25, 0.3) is 10.4 Å². The topological polar surface area (TPSA) is 190 Å². The number of unbranched alkanes of at least 4 members (excludes halogenated alkanes) is 3. The number of azide groups is 1. The van der Waals surface area contributed by atoms with Crippen LogP contribution >= 0.6 is 28.1 Å². The summed E-state index contributed by atoms with van der Waals surface area (Å²) in [6.07, 6.45) is 11.3. The Balaban J connectivity index is 1.32. The van der Waals surface area contributed by atoms with Crippen LogP contribution in [0.5, 0.6) is 23.0 Å². The van der Waals surface area contributed by atoms with Gasteiger partial charge in [-0.25, -0.2) is 0 Å². The summed E-state index contributed by atoms with van der Waals surface area (Å²) in [4.78, 5) is 21.6. The van der Waals surface area contributed by atoms with Crippen molar-refractivity contribution >= 4 is 82.2 Å². The molecule has 2 N–H and O–H groups in total. The fraction of sp³-hybridized carbons (Fsp3) is 0.460. The molecule has 0 aromatic heterocycles. The third-order valence-electron chi connectivity index (χ3n) is 11.1. The van der Waals surface area contributed by atoms with Gasteiger partial charge in [-0.1, -0.05) is 45.2 Å². The van der Waals surface area contributed by atoms with Gasteiger partial charge in [-0.3, -0.25) is 4.57 Å². The fourth-order valence-corrected chi connectivity index (χ4v) is 12.2. The minimum absolute atomic E-state index is 0.333. The molecular weight excluding hydrogens is 1060 g/mol. The van der Waals surface area contributed by atoms with Gasteiger partial charge in [0.1, 0.15) is 23.0 Å². The average molecular weight is 1130 g/mol. The summed E-state index contributed by atoms with van der Waals surface area (Å²) < 4.78 is 42.1. The van der Waals surface area contributed by atoms with E-state index in [-0.39, 0.29) is 6.16 Å². The second-order valence-electron chi connectivity index (χ2n) is 18.6. The Labute approximate surface area is 449 Å². The Morgan fingerprint density at radius 2 is 0.945 bits per heavy atom. The van der Waals surface area contributed by atoms with E-state index >= 15 is 0 Å². The van der Waals surface area contributed by atoms with Gasteiger partial charge in [-0.15, -0.1) is 29.6 Å². The van der Waals surface area contributed by atoms with Crippen LogP contribution in [0, 0.1) is 0 Å². The van der Waals surface area contributed by atoms with E-state index in [0.717, 1.165) is 55.2 Å². The van der Waals surface area contributed by atoms with Crippen molar-refractivity contribution in [3.8, 4) is 23.0 Å². The maximum Gasteiger partial charge on any atom is 0.358 e. The van der Waals surface area contributed by atoms with E-state index in [9.17, 15) is 14.4 Å². The van der Waals surface area contributed by atoms with Crippen molar-refractivity contribution < 1.29 is 33.3 Å². The maximum absolute atomic E-state index is 11.4. The van der Waals surface area contributed by atoms with Gasteiger partial charge >= 0.3 is 28.1 Å². The monoisotopic (exact) mass is 1130 g/mol.